The molecule has 0 aliphatic carbocycles. The van der Waals surface area contributed by atoms with Crippen molar-refractivity contribution in [3.05, 3.63) is 41.5 Å². The maximum atomic E-state index is 12.1. The van der Waals surface area contributed by atoms with Crippen molar-refractivity contribution in [2.45, 2.75) is 63.3 Å². The van der Waals surface area contributed by atoms with Crippen LogP contribution in [-0.2, 0) is 14.3 Å². The van der Waals surface area contributed by atoms with Crippen molar-refractivity contribution >= 4 is 12.0 Å². The molecular formula is C24H34N2O3. The summed E-state index contributed by atoms with van der Waals surface area (Å²) in [6.07, 6.45) is 8.32. The summed E-state index contributed by atoms with van der Waals surface area (Å²) < 4.78 is 11.9. The van der Waals surface area contributed by atoms with E-state index >= 15 is 0 Å². The van der Waals surface area contributed by atoms with Gasteiger partial charge in [0.25, 0.3) is 0 Å². The number of amides is 1. The number of hydrogen-bond donors (Lipinski definition) is 1. The molecule has 1 aromatic rings. The van der Waals surface area contributed by atoms with E-state index in [9.17, 15) is 4.79 Å². The van der Waals surface area contributed by atoms with Crippen LogP contribution in [0.5, 0.6) is 0 Å². The molecule has 3 aliphatic rings. The van der Waals surface area contributed by atoms with Gasteiger partial charge < -0.3 is 14.8 Å². The lowest BCUT2D eigenvalue weighted by Crippen LogP contribution is -2.46. The summed E-state index contributed by atoms with van der Waals surface area (Å²) in [4.78, 5) is 14.7. The van der Waals surface area contributed by atoms with Crippen LogP contribution in [0, 0.1) is 0 Å². The lowest BCUT2D eigenvalue weighted by atomic mass is 9.88. The molecule has 2 atom stereocenters. The predicted molar refractivity (Wildman–Crippen MR) is 115 cm³/mol. The second-order valence-corrected chi connectivity index (χ2v) is 8.89. The van der Waals surface area contributed by atoms with Gasteiger partial charge in [-0.05, 0) is 51.0 Å². The van der Waals surface area contributed by atoms with Crippen LogP contribution in [0.2, 0.25) is 0 Å². The number of nitrogens with zero attached hydrogens (tertiary/aromatic N) is 1. The Morgan fingerprint density at radius 1 is 1.21 bits per heavy atom. The molecule has 158 valence electrons. The Kier molecular flexibility index (Phi) is 6.68. The van der Waals surface area contributed by atoms with E-state index in [1.807, 2.05) is 0 Å². The quantitative estimate of drug-likeness (QED) is 0.798. The van der Waals surface area contributed by atoms with E-state index < -0.39 is 0 Å². The number of likely N-dealkylation sites (tertiary alicyclic amines) is 1. The molecule has 0 unspecified atom stereocenters. The third-order valence-corrected chi connectivity index (χ3v) is 6.52. The summed E-state index contributed by atoms with van der Waals surface area (Å²) in [7, 11) is 0. The lowest BCUT2D eigenvalue weighted by molar-refractivity contribution is -0.131. The van der Waals surface area contributed by atoms with E-state index in [0.717, 1.165) is 58.2 Å². The largest absolute Gasteiger partial charge is 0.370 e. The van der Waals surface area contributed by atoms with Crippen LogP contribution in [0.1, 0.15) is 51.0 Å². The number of hydrogen-bond acceptors (Lipinski definition) is 4. The van der Waals surface area contributed by atoms with Crippen molar-refractivity contribution in [2.24, 2.45) is 0 Å². The maximum Gasteiger partial charge on any atom is 0.249 e. The molecule has 29 heavy (non-hydrogen) atoms. The van der Waals surface area contributed by atoms with E-state index in [1.54, 1.807) is 0 Å². The van der Waals surface area contributed by atoms with E-state index in [2.05, 4.69) is 53.5 Å². The first kappa shape index (κ1) is 20.6. The number of carbonyl (C=O) groups excluding carboxylic acids is 1. The Bertz CT molecular complexity index is 704. The average molecular weight is 399 g/mol. The van der Waals surface area contributed by atoms with Crippen LogP contribution >= 0.6 is 0 Å². The van der Waals surface area contributed by atoms with Crippen molar-refractivity contribution in [3.8, 4) is 0 Å². The standard InChI is InChI=1S/C24H34N2O3/c1-19(16-20-6-3-2-4-7-20)18-26-13-11-24(12-14-26)10-9-21(29-24)17-25-23(27)22-8-5-15-28-22/h2-4,6-7,16,21-22H,5,8-15,17-18H2,1H3,(H,25,27)/b19-16+/t21-,22-/m0/s1. The van der Waals surface area contributed by atoms with Crippen molar-refractivity contribution in [1.29, 1.82) is 0 Å². The van der Waals surface area contributed by atoms with Gasteiger partial charge in [-0.2, -0.15) is 0 Å². The monoisotopic (exact) mass is 398 g/mol. The van der Waals surface area contributed by atoms with Gasteiger partial charge in [-0.1, -0.05) is 42.0 Å². The zero-order valence-corrected chi connectivity index (χ0v) is 17.6. The molecule has 5 heteroatoms. The first-order chi connectivity index (χ1) is 14.1. The second-order valence-electron chi connectivity index (χ2n) is 8.89. The molecule has 5 nitrogen and oxygen atoms in total. The van der Waals surface area contributed by atoms with Crippen LogP contribution in [-0.4, -0.2) is 61.4 Å². The second kappa shape index (κ2) is 9.41. The molecule has 0 radical (unpaired) electrons. The van der Waals surface area contributed by atoms with E-state index in [-0.39, 0.29) is 23.7 Å². The highest BCUT2D eigenvalue weighted by Crippen LogP contribution is 2.38. The molecular weight excluding hydrogens is 364 g/mol. The first-order valence-corrected chi connectivity index (χ1v) is 11.1. The van der Waals surface area contributed by atoms with Gasteiger partial charge in [-0.3, -0.25) is 9.69 Å². The van der Waals surface area contributed by atoms with Gasteiger partial charge in [0.15, 0.2) is 0 Å². The third kappa shape index (κ3) is 5.47. The predicted octanol–water partition coefficient (Wildman–Crippen LogP) is 3.40. The fourth-order valence-corrected chi connectivity index (χ4v) is 4.87. The highest BCUT2D eigenvalue weighted by atomic mass is 16.5. The van der Waals surface area contributed by atoms with Gasteiger partial charge in [-0.25, -0.2) is 0 Å². The summed E-state index contributed by atoms with van der Waals surface area (Å²) in [6.45, 7) is 6.71. The summed E-state index contributed by atoms with van der Waals surface area (Å²) in [5.41, 5.74) is 2.69. The summed E-state index contributed by atoms with van der Waals surface area (Å²) in [5.74, 6) is 0.0301. The Hall–Kier alpha value is -1.69. The lowest BCUT2D eigenvalue weighted by Gasteiger charge is -2.39. The molecule has 1 aromatic carbocycles. The average Bonchev–Trinajstić information content (AvgIpc) is 3.40. The highest BCUT2D eigenvalue weighted by molar-refractivity contribution is 5.80. The van der Waals surface area contributed by atoms with Gasteiger partial charge in [-0.15, -0.1) is 0 Å². The number of carbonyl (C=O) groups is 1. The number of rotatable bonds is 6. The van der Waals surface area contributed by atoms with Crippen LogP contribution in [0.4, 0.5) is 0 Å². The highest BCUT2D eigenvalue weighted by Gasteiger charge is 2.42. The maximum absolute atomic E-state index is 12.1. The molecule has 0 saturated carbocycles. The van der Waals surface area contributed by atoms with Gasteiger partial charge in [0.2, 0.25) is 5.91 Å². The van der Waals surface area contributed by atoms with Gasteiger partial charge in [0.05, 0.1) is 11.7 Å². The minimum Gasteiger partial charge on any atom is -0.370 e. The zero-order valence-electron chi connectivity index (χ0n) is 17.6. The Morgan fingerprint density at radius 2 is 2.00 bits per heavy atom. The van der Waals surface area contributed by atoms with Crippen molar-refractivity contribution < 1.29 is 14.3 Å². The Balaban J connectivity index is 1.20. The zero-order chi connectivity index (χ0) is 20.1. The van der Waals surface area contributed by atoms with Crippen LogP contribution in [0.3, 0.4) is 0 Å². The summed E-state index contributed by atoms with van der Waals surface area (Å²) in [6, 6.07) is 10.5. The number of benzene rings is 1. The minimum absolute atomic E-state index is 0.0206. The fourth-order valence-electron chi connectivity index (χ4n) is 4.87. The molecule has 3 fully saturated rings. The molecule has 3 aliphatic heterocycles. The molecule has 3 heterocycles. The molecule has 0 bridgehead atoms. The molecule has 3 saturated heterocycles. The molecule has 1 amide bonds. The van der Waals surface area contributed by atoms with Crippen LogP contribution in [0.15, 0.2) is 35.9 Å². The molecule has 1 N–H and O–H groups in total. The third-order valence-electron chi connectivity index (χ3n) is 6.52. The SMILES string of the molecule is C/C(=C\c1ccccc1)CN1CCC2(CC[C@@H](CNC(=O)[C@@H]3CCCO3)O2)CC1. The van der Waals surface area contributed by atoms with Gasteiger partial charge in [0.1, 0.15) is 6.10 Å². The number of nitrogens with one attached hydrogen (secondary N) is 1. The van der Waals surface area contributed by atoms with Gasteiger partial charge in [0, 0.05) is 32.8 Å². The molecule has 1 spiro atoms. The van der Waals surface area contributed by atoms with E-state index in [4.69, 9.17) is 9.47 Å². The smallest absolute Gasteiger partial charge is 0.249 e. The Morgan fingerprint density at radius 3 is 2.72 bits per heavy atom. The minimum atomic E-state index is -0.249. The van der Waals surface area contributed by atoms with E-state index in [0.29, 0.717) is 13.2 Å². The van der Waals surface area contributed by atoms with Crippen molar-refractivity contribution in [2.75, 3.05) is 32.8 Å². The molecule has 4 rings (SSSR count). The Labute approximate surface area is 174 Å². The summed E-state index contributed by atoms with van der Waals surface area (Å²) >= 11 is 0. The topological polar surface area (TPSA) is 50.8 Å². The number of ether oxygens (including phenoxy) is 2. The van der Waals surface area contributed by atoms with Crippen molar-refractivity contribution in [1.82, 2.24) is 10.2 Å². The summed E-state index contributed by atoms with van der Waals surface area (Å²) in [5, 5.41) is 3.04. The fraction of sp³-hybridized carbons (Fsp3) is 0.625. The molecule has 0 aromatic heterocycles. The van der Waals surface area contributed by atoms with Crippen molar-refractivity contribution in [3.63, 3.8) is 0 Å². The van der Waals surface area contributed by atoms with Gasteiger partial charge >= 0.3 is 0 Å². The first-order valence-electron chi connectivity index (χ1n) is 11.1. The number of piperidine rings is 1. The van der Waals surface area contributed by atoms with E-state index in [1.165, 1.54) is 11.1 Å². The van der Waals surface area contributed by atoms with Crippen LogP contribution < -0.4 is 5.32 Å². The van der Waals surface area contributed by atoms with Crippen LogP contribution in [0.25, 0.3) is 6.08 Å². The normalized spacial score (nSPS) is 27.4.